The SMILES string of the molecule is C=C[C@@H]1O[C@@H]2C3=C(C)CC[C@@](O)([C@@H](OC(=O)c4ccccc4)C[C@@](C)(CCC4CCO4)[C@@H]2O1)C3(C)C. The Morgan fingerprint density at radius 1 is 1.22 bits per heavy atom. The first kappa shape index (κ1) is 25.7. The van der Waals surface area contributed by atoms with Gasteiger partial charge in [-0.25, -0.2) is 4.79 Å². The standard InChI is InChI=1S/C30H40O6/c1-6-23-35-25-24-19(2)12-16-30(32,28(24,3)4)22(34-27(31)20-10-8-7-9-11-20)18-29(5,26(25)36-23)15-13-21-14-17-33-21/h6-11,21-23,25-26,32H,1,12-18H2,2-5H3/t21?,22-,23+,25+,26+,29+,30+/m0/s1. The molecule has 0 aromatic heterocycles. The highest BCUT2D eigenvalue weighted by Crippen LogP contribution is 2.59. The van der Waals surface area contributed by atoms with Gasteiger partial charge in [0.15, 0.2) is 6.29 Å². The van der Waals surface area contributed by atoms with Gasteiger partial charge in [-0.05, 0) is 69.2 Å². The van der Waals surface area contributed by atoms with Crippen LogP contribution in [0.5, 0.6) is 0 Å². The molecule has 0 amide bonds. The lowest BCUT2D eigenvalue weighted by molar-refractivity contribution is -0.180. The summed E-state index contributed by atoms with van der Waals surface area (Å²) >= 11 is 0. The lowest BCUT2D eigenvalue weighted by atomic mass is 9.53. The van der Waals surface area contributed by atoms with E-state index in [0.717, 1.165) is 31.4 Å². The number of allylic oxidation sites excluding steroid dienone is 1. The molecular weight excluding hydrogens is 456 g/mol. The van der Waals surface area contributed by atoms with Crippen LogP contribution in [0.15, 0.2) is 54.1 Å². The van der Waals surface area contributed by atoms with E-state index in [1.807, 2.05) is 18.2 Å². The largest absolute Gasteiger partial charge is 0.456 e. The predicted molar refractivity (Wildman–Crippen MR) is 136 cm³/mol. The van der Waals surface area contributed by atoms with E-state index in [-0.39, 0.29) is 18.3 Å². The molecule has 6 heteroatoms. The van der Waals surface area contributed by atoms with Crippen molar-refractivity contribution in [2.75, 3.05) is 6.61 Å². The van der Waals surface area contributed by atoms with Crippen LogP contribution in [-0.2, 0) is 18.9 Å². The third kappa shape index (κ3) is 4.16. The Kier molecular flexibility index (Phi) is 6.69. The van der Waals surface area contributed by atoms with Gasteiger partial charge in [0.2, 0.25) is 0 Å². The Balaban J connectivity index is 1.58. The average molecular weight is 497 g/mol. The third-order valence-electron chi connectivity index (χ3n) is 9.37. The van der Waals surface area contributed by atoms with Gasteiger partial charge in [-0.2, -0.15) is 0 Å². The Labute approximate surface area is 214 Å². The highest BCUT2D eigenvalue weighted by atomic mass is 16.7. The van der Waals surface area contributed by atoms with Crippen molar-refractivity contribution in [3.05, 3.63) is 59.7 Å². The van der Waals surface area contributed by atoms with Gasteiger partial charge >= 0.3 is 5.97 Å². The molecule has 2 heterocycles. The van der Waals surface area contributed by atoms with Crippen molar-refractivity contribution in [2.45, 2.75) is 103 Å². The van der Waals surface area contributed by atoms with Gasteiger partial charge in [0, 0.05) is 17.4 Å². The Bertz CT molecular complexity index is 1030. The Morgan fingerprint density at radius 2 is 1.94 bits per heavy atom. The van der Waals surface area contributed by atoms with Crippen molar-refractivity contribution in [3.8, 4) is 0 Å². The van der Waals surface area contributed by atoms with E-state index in [0.29, 0.717) is 24.8 Å². The molecule has 196 valence electrons. The second-order valence-corrected chi connectivity index (χ2v) is 11.9. The van der Waals surface area contributed by atoms with Gasteiger partial charge in [0.1, 0.15) is 17.8 Å². The molecule has 5 rings (SSSR count). The third-order valence-corrected chi connectivity index (χ3v) is 9.37. The van der Waals surface area contributed by atoms with Crippen LogP contribution in [-0.4, -0.2) is 54.0 Å². The molecule has 2 saturated heterocycles. The first-order chi connectivity index (χ1) is 17.1. The Hall–Kier alpha value is -1.99. The van der Waals surface area contributed by atoms with E-state index in [9.17, 15) is 9.90 Å². The summed E-state index contributed by atoms with van der Waals surface area (Å²) in [6, 6.07) is 9.03. The fraction of sp³-hybridized carbons (Fsp3) is 0.633. The number of ether oxygens (including phenoxy) is 4. The zero-order chi connectivity index (χ0) is 25.7. The quantitative estimate of drug-likeness (QED) is 0.423. The van der Waals surface area contributed by atoms with Crippen molar-refractivity contribution in [2.24, 2.45) is 10.8 Å². The minimum atomic E-state index is -1.25. The van der Waals surface area contributed by atoms with Crippen LogP contribution in [0, 0.1) is 10.8 Å². The molecule has 6 nitrogen and oxygen atoms in total. The second kappa shape index (κ2) is 9.39. The molecule has 36 heavy (non-hydrogen) atoms. The minimum absolute atomic E-state index is 0.244. The van der Waals surface area contributed by atoms with Crippen molar-refractivity contribution < 1.29 is 28.8 Å². The van der Waals surface area contributed by atoms with Crippen LogP contribution in [0.2, 0.25) is 0 Å². The number of rotatable bonds is 6. The van der Waals surface area contributed by atoms with Gasteiger partial charge < -0.3 is 24.1 Å². The number of carbonyl (C=O) groups excluding carboxylic acids is 1. The second-order valence-electron chi connectivity index (χ2n) is 11.9. The summed E-state index contributed by atoms with van der Waals surface area (Å²) in [6.45, 7) is 13.2. The van der Waals surface area contributed by atoms with E-state index in [4.69, 9.17) is 18.9 Å². The summed E-state index contributed by atoms with van der Waals surface area (Å²) in [6.07, 6.45) is 4.63. The van der Waals surface area contributed by atoms with Gasteiger partial charge in [0.05, 0.1) is 17.8 Å². The van der Waals surface area contributed by atoms with Crippen molar-refractivity contribution in [3.63, 3.8) is 0 Å². The number of benzene rings is 1. The molecule has 3 fully saturated rings. The van der Waals surface area contributed by atoms with Crippen LogP contribution >= 0.6 is 0 Å². The molecule has 1 aromatic carbocycles. The molecule has 4 aliphatic rings. The van der Waals surface area contributed by atoms with Crippen molar-refractivity contribution in [1.82, 2.24) is 0 Å². The highest BCUT2D eigenvalue weighted by molar-refractivity contribution is 5.89. The molecule has 2 aliphatic carbocycles. The molecule has 0 spiro atoms. The normalized spacial score (nSPS) is 39.4. The first-order valence-electron chi connectivity index (χ1n) is 13.3. The number of esters is 1. The van der Waals surface area contributed by atoms with Crippen LogP contribution in [0.3, 0.4) is 0 Å². The van der Waals surface area contributed by atoms with E-state index in [1.54, 1.807) is 18.2 Å². The summed E-state index contributed by atoms with van der Waals surface area (Å²) in [5, 5.41) is 12.5. The summed E-state index contributed by atoms with van der Waals surface area (Å²) < 4.78 is 25.0. The number of hydrogen-bond acceptors (Lipinski definition) is 6. The van der Waals surface area contributed by atoms with Crippen LogP contribution < -0.4 is 0 Å². The molecule has 2 aliphatic heterocycles. The van der Waals surface area contributed by atoms with Crippen LogP contribution in [0.1, 0.15) is 76.6 Å². The topological polar surface area (TPSA) is 74.2 Å². The monoisotopic (exact) mass is 496 g/mol. The molecule has 0 radical (unpaired) electrons. The summed E-state index contributed by atoms with van der Waals surface area (Å²) in [5.41, 5.74) is 0.415. The average Bonchev–Trinajstić information content (AvgIpc) is 3.25. The fourth-order valence-electron chi connectivity index (χ4n) is 6.94. The van der Waals surface area contributed by atoms with Crippen molar-refractivity contribution in [1.29, 1.82) is 0 Å². The van der Waals surface area contributed by atoms with Crippen LogP contribution in [0.4, 0.5) is 0 Å². The Morgan fingerprint density at radius 3 is 2.58 bits per heavy atom. The molecule has 1 unspecified atom stereocenters. The molecule has 7 atom stereocenters. The van der Waals surface area contributed by atoms with E-state index in [2.05, 4.69) is 34.3 Å². The molecule has 1 N–H and O–H groups in total. The first-order valence-corrected chi connectivity index (χ1v) is 13.3. The van der Waals surface area contributed by atoms with Crippen LogP contribution in [0.25, 0.3) is 0 Å². The molecule has 1 saturated carbocycles. The maximum Gasteiger partial charge on any atom is 0.338 e. The summed E-state index contributed by atoms with van der Waals surface area (Å²) in [4.78, 5) is 13.3. The zero-order valence-electron chi connectivity index (χ0n) is 22.0. The maximum atomic E-state index is 13.3. The van der Waals surface area contributed by atoms with E-state index < -0.39 is 34.8 Å². The fourth-order valence-corrected chi connectivity index (χ4v) is 6.94. The smallest absolute Gasteiger partial charge is 0.338 e. The summed E-state index contributed by atoms with van der Waals surface area (Å²) in [5.74, 6) is -0.410. The molecule has 2 bridgehead atoms. The lowest BCUT2D eigenvalue weighted by Crippen LogP contribution is -2.64. The zero-order valence-corrected chi connectivity index (χ0v) is 22.0. The molecule has 1 aromatic rings. The lowest BCUT2D eigenvalue weighted by Gasteiger charge is -2.57. The van der Waals surface area contributed by atoms with Gasteiger partial charge in [-0.1, -0.05) is 51.1 Å². The van der Waals surface area contributed by atoms with E-state index >= 15 is 0 Å². The van der Waals surface area contributed by atoms with Crippen molar-refractivity contribution >= 4 is 5.97 Å². The number of aliphatic hydroxyl groups is 1. The van der Waals surface area contributed by atoms with Gasteiger partial charge in [-0.3, -0.25) is 0 Å². The van der Waals surface area contributed by atoms with Gasteiger partial charge in [-0.15, -0.1) is 0 Å². The predicted octanol–water partition coefficient (Wildman–Crippen LogP) is 5.35. The number of hydrogen-bond donors (Lipinski definition) is 1. The maximum absolute atomic E-state index is 13.3. The number of fused-ring (bicyclic) bond motifs is 4. The minimum Gasteiger partial charge on any atom is -0.456 e. The summed E-state index contributed by atoms with van der Waals surface area (Å²) in [7, 11) is 0. The molecular formula is C30H40O6. The van der Waals surface area contributed by atoms with Gasteiger partial charge in [0.25, 0.3) is 0 Å². The van der Waals surface area contributed by atoms with E-state index in [1.165, 1.54) is 5.57 Å². The highest BCUT2D eigenvalue weighted by Gasteiger charge is 2.64. The number of carbonyl (C=O) groups is 1.